The van der Waals surface area contributed by atoms with Crippen LogP contribution in [0.5, 0.6) is 5.75 Å². The zero-order valence-corrected chi connectivity index (χ0v) is 8.17. The average Bonchev–Trinajstić information content (AvgIpc) is 2.60. The van der Waals surface area contributed by atoms with Crippen LogP contribution in [0.4, 0.5) is 4.39 Å². The summed E-state index contributed by atoms with van der Waals surface area (Å²) in [7, 11) is 1.42. The minimum atomic E-state index is -0.407. The van der Waals surface area contributed by atoms with Gasteiger partial charge in [0.1, 0.15) is 0 Å². The predicted molar refractivity (Wildman–Crippen MR) is 54.1 cm³/mol. The van der Waals surface area contributed by atoms with E-state index in [0.717, 1.165) is 10.9 Å². The topological polar surface area (TPSA) is 48.8 Å². The molecule has 1 heterocycles. The first-order valence-corrected chi connectivity index (χ1v) is 4.46. The number of hydrogen-bond donors (Lipinski definition) is 1. The van der Waals surface area contributed by atoms with Crippen molar-refractivity contribution in [2.45, 2.75) is 6.42 Å². The monoisotopic (exact) mass is 204 g/mol. The summed E-state index contributed by atoms with van der Waals surface area (Å²) in [6, 6.07) is 5.03. The Kier molecular flexibility index (Phi) is 2.30. The number of ether oxygens (including phenoxy) is 1. The number of H-pyrrole nitrogens is 1. The molecule has 2 rings (SSSR count). The third-order valence-corrected chi connectivity index (χ3v) is 2.31. The Morgan fingerprint density at radius 2 is 2.33 bits per heavy atom. The van der Waals surface area contributed by atoms with Crippen LogP contribution in [0.3, 0.4) is 0 Å². The van der Waals surface area contributed by atoms with Crippen LogP contribution in [-0.4, -0.2) is 12.1 Å². The molecule has 4 heteroatoms. The quantitative estimate of drug-likeness (QED) is 0.816. The van der Waals surface area contributed by atoms with Gasteiger partial charge >= 0.3 is 0 Å². The molecule has 0 aliphatic heterocycles. The van der Waals surface area contributed by atoms with Gasteiger partial charge in [0.2, 0.25) is 0 Å². The molecule has 0 aliphatic rings. The van der Waals surface area contributed by atoms with Gasteiger partial charge in [-0.1, -0.05) is 0 Å². The minimum Gasteiger partial charge on any atom is -0.494 e. The Hall–Kier alpha value is -2.02. The zero-order chi connectivity index (χ0) is 10.8. The third kappa shape index (κ3) is 1.52. The number of rotatable bonds is 2. The number of hydrogen-bond acceptors (Lipinski definition) is 2. The van der Waals surface area contributed by atoms with Crippen LogP contribution in [0, 0.1) is 17.1 Å². The first kappa shape index (κ1) is 9.53. The summed E-state index contributed by atoms with van der Waals surface area (Å²) in [5.41, 5.74) is 1.53. The lowest BCUT2D eigenvalue weighted by Crippen LogP contribution is -1.88. The van der Waals surface area contributed by atoms with Crippen molar-refractivity contribution < 1.29 is 9.13 Å². The van der Waals surface area contributed by atoms with E-state index in [4.69, 9.17) is 10.00 Å². The Labute approximate surface area is 86.1 Å². The standard InChI is InChI=1S/C11H9FN2O/c1-15-11-4-8-7(2-3-13)6-14-10(8)5-9(11)12/h4-6,14H,2H2,1H3. The number of methoxy groups -OCH3 is 1. The number of nitriles is 1. The largest absolute Gasteiger partial charge is 0.494 e. The van der Waals surface area contributed by atoms with Crippen molar-refractivity contribution in [3.05, 3.63) is 29.7 Å². The van der Waals surface area contributed by atoms with E-state index < -0.39 is 5.82 Å². The summed E-state index contributed by atoms with van der Waals surface area (Å²) >= 11 is 0. The lowest BCUT2D eigenvalue weighted by molar-refractivity contribution is 0.387. The summed E-state index contributed by atoms with van der Waals surface area (Å²) in [5, 5.41) is 9.44. The van der Waals surface area contributed by atoms with Crippen molar-refractivity contribution in [2.24, 2.45) is 0 Å². The fourth-order valence-corrected chi connectivity index (χ4v) is 1.57. The van der Waals surface area contributed by atoms with Gasteiger partial charge in [-0.15, -0.1) is 0 Å². The number of fused-ring (bicyclic) bond motifs is 1. The van der Waals surface area contributed by atoms with E-state index in [1.54, 1.807) is 12.3 Å². The van der Waals surface area contributed by atoms with Crippen LogP contribution in [0.25, 0.3) is 10.9 Å². The van der Waals surface area contributed by atoms with Crippen LogP contribution in [0.15, 0.2) is 18.3 Å². The predicted octanol–water partition coefficient (Wildman–Crippen LogP) is 2.38. The Bertz CT molecular complexity index is 539. The second kappa shape index (κ2) is 3.62. The van der Waals surface area contributed by atoms with Crippen molar-refractivity contribution in [2.75, 3.05) is 7.11 Å². The summed E-state index contributed by atoms with van der Waals surface area (Å²) in [6.07, 6.45) is 2.02. The maximum absolute atomic E-state index is 13.3. The highest BCUT2D eigenvalue weighted by Crippen LogP contribution is 2.26. The van der Waals surface area contributed by atoms with Crippen LogP contribution < -0.4 is 4.74 Å². The maximum Gasteiger partial charge on any atom is 0.167 e. The molecule has 0 aliphatic carbocycles. The fourth-order valence-electron chi connectivity index (χ4n) is 1.57. The van der Waals surface area contributed by atoms with Crippen LogP contribution in [0.1, 0.15) is 5.56 Å². The van der Waals surface area contributed by atoms with Gasteiger partial charge in [0.05, 0.1) is 19.6 Å². The summed E-state index contributed by atoms with van der Waals surface area (Å²) in [5.74, 6) is -0.211. The van der Waals surface area contributed by atoms with Crippen LogP contribution >= 0.6 is 0 Å². The van der Waals surface area contributed by atoms with Gasteiger partial charge in [0, 0.05) is 23.2 Å². The van der Waals surface area contributed by atoms with Crippen LogP contribution in [0.2, 0.25) is 0 Å². The van der Waals surface area contributed by atoms with E-state index >= 15 is 0 Å². The molecular formula is C11H9FN2O. The lowest BCUT2D eigenvalue weighted by Gasteiger charge is -2.02. The first-order valence-electron chi connectivity index (χ1n) is 4.46. The molecule has 15 heavy (non-hydrogen) atoms. The molecule has 0 amide bonds. The number of aromatic nitrogens is 1. The highest BCUT2D eigenvalue weighted by atomic mass is 19.1. The molecule has 0 spiro atoms. The molecule has 0 fully saturated rings. The van der Waals surface area contributed by atoms with E-state index in [9.17, 15) is 4.39 Å². The van der Waals surface area contributed by atoms with Crippen molar-refractivity contribution >= 4 is 10.9 Å². The number of nitrogens with zero attached hydrogens (tertiary/aromatic N) is 1. The summed E-state index contributed by atoms with van der Waals surface area (Å²) in [6.45, 7) is 0. The van der Waals surface area contributed by atoms with Gasteiger partial charge in [-0.25, -0.2) is 4.39 Å². The lowest BCUT2D eigenvalue weighted by atomic mass is 10.1. The highest BCUT2D eigenvalue weighted by molar-refractivity contribution is 5.85. The smallest absolute Gasteiger partial charge is 0.167 e. The van der Waals surface area contributed by atoms with E-state index in [1.165, 1.54) is 13.2 Å². The van der Waals surface area contributed by atoms with Crippen molar-refractivity contribution in [1.29, 1.82) is 5.26 Å². The van der Waals surface area contributed by atoms with E-state index in [-0.39, 0.29) is 5.75 Å². The number of benzene rings is 1. The second-order valence-corrected chi connectivity index (χ2v) is 3.18. The number of halogens is 1. The zero-order valence-electron chi connectivity index (χ0n) is 8.17. The van der Waals surface area contributed by atoms with Crippen molar-refractivity contribution in [3.63, 3.8) is 0 Å². The molecule has 0 bridgehead atoms. The third-order valence-electron chi connectivity index (χ3n) is 2.31. The molecule has 1 aromatic carbocycles. The molecule has 1 N–H and O–H groups in total. The average molecular weight is 204 g/mol. The van der Waals surface area contributed by atoms with Gasteiger partial charge in [-0.3, -0.25) is 0 Å². The normalized spacial score (nSPS) is 10.2. The molecule has 0 saturated heterocycles. The molecule has 1 aromatic heterocycles. The minimum absolute atomic E-state index is 0.196. The van der Waals surface area contributed by atoms with Crippen LogP contribution in [-0.2, 0) is 6.42 Å². The SMILES string of the molecule is COc1cc2c(CC#N)c[nH]c2cc1F. The summed E-state index contributed by atoms with van der Waals surface area (Å²) < 4.78 is 18.2. The van der Waals surface area contributed by atoms with E-state index in [0.29, 0.717) is 11.9 Å². The van der Waals surface area contributed by atoms with E-state index in [2.05, 4.69) is 11.1 Å². The molecular weight excluding hydrogens is 195 g/mol. The van der Waals surface area contributed by atoms with Gasteiger partial charge in [-0.05, 0) is 11.6 Å². The second-order valence-electron chi connectivity index (χ2n) is 3.18. The Morgan fingerprint density at radius 3 is 3.00 bits per heavy atom. The number of aromatic amines is 1. The molecule has 3 nitrogen and oxygen atoms in total. The van der Waals surface area contributed by atoms with Crippen molar-refractivity contribution in [1.82, 2.24) is 4.98 Å². The molecule has 2 aromatic rings. The van der Waals surface area contributed by atoms with Gasteiger partial charge in [0.15, 0.2) is 11.6 Å². The fraction of sp³-hybridized carbons (Fsp3) is 0.182. The Balaban J connectivity index is 2.65. The Morgan fingerprint density at radius 1 is 1.53 bits per heavy atom. The van der Waals surface area contributed by atoms with E-state index in [1.807, 2.05) is 0 Å². The van der Waals surface area contributed by atoms with Gasteiger partial charge in [-0.2, -0.15) is 5.26 Å². The summed E-state index contributed by atoms with van der Waals surface area (Å²) in [4.78, 5) is 2.92. The first-order chi connectivity index (χ1) is 7.26. The highest BCUT2D eigenvalue weighted by Gasteiger charge is 2.09. The van der Waals surface area contributed by atoms with Gasteiger partial charge < -0.3 is 9.72 Å². The molecule has 76 valence electrons. The molecule has 0 radical (unpaired) electrons. The number of nitrogens with one attached hydrogen (secondary N) is 1. The molecule has 0 saturated carbocycles. The maximum atomic E-state index is 13.3. The molecule has 0 unspecified atom stereocenters. The van der Waals surface area contributed by atoms with Gasteiger partial charge in [0.25, 0.3) is 0 Å². The van der Waals surface area contributed by atoms with Crippen molar-refractivity contribution in [3.8, 4) is 11.8 Å². The molecule has 0 atom stereocenters.